The Bertz CT molecular complexity index is 1430. The zero-order valence-corrected chi connectivity index (χ0v) is 21.4. The maximum Gasteiger partial charge on any atom is 0.262 e. The molecule has 0 aliphatic carbocycles. The van der Waals surface area contributed by atoms with E-state index in [4.69, 9.17) is 4.74 Å². The minimum atomic E-state index is -4.05. The first-order valence-corrected chi connectivity index (χ1v) is 12.9. The highest BCUT2D eigenvalue weighted by Crippen LogP contribution is 2.28. The van der Waals surface area contributed by atoms with Gasteiger partial charge in [-0.25, -0.2) is 8.42 Å². The first-order chi connectivity index (χ1) is 17.1. The molecule has 36 heavy (non-hydrogen) atoms. The number of nitrogens with zero attached hydrogens (tertiary/aromatic N) is 1. The monoisotopic (exact) mass is 507 g/mol. The molecule has 1 unspecified atom stereocenters. The molecule has 0 bridgehead atoms. The number of amides is 1. The summed E-state index contributed by atoms with van der Waals surface area (Å²) >= 11 is 0. The van der Waals surface area contributed by atoms with Gasteiger partial charge in [-0.2, -0.15) is 5.26 Å². The van der Waals surface area contributed by atoms with Gasteiger partial charge in [0.25, 0.3) is 15.9 Å². The summed E-state index contributed by atoms with van der Waals surface area (Å²) in [6.07, 6.45) is -0.306. The van der Waals surface area contributed by atoms with E-state index in [0.29, 0.717) is 23.3 Å². The van der Waals surface area contributed by atoms with Gasteiger partial charge in [0.05, 0.1) is 16.1 Å². The van der Waals surface area contributed by atoms with E-state index in [1.54, 1.807) is 25.1 Å². The minimum absolute atomic E-state index is 0.0159. The number of nitrogens with one attached hydrogen (secondary N) is 2. The van der Waals surface area contributed by atoms with Crippen molar-refractivity contribution in [3.63, 3.8) is 0 Å². The Hall–Kier alpha value is -4.03. The van der Waals surface area contributed by atoms with Crippen LogP contribution in [-0.4, -0.2) is 25.5 Å². The number of sulfonamides is 1. The highest BCUT2D eigenvalue weighted by Gasteiger charge is 2.22. The molecule has 3 N–H and O–H groups in total. The fraction of sp³-hybridized carbons (Fsp3) is 0.259. The van der Waals surface area contributed by atoms with Crippen LogP contribution in [0.25, 0.3) is 0 Å². The number of aryl methyl sites for hydroxylation is 3. The molecule has 0 saturated heterocycles. The van der Waals surface area contributed by atoms with Gasteiger partial charge < -0.3 is 15.2 Å². The first kappa shape index (κ1) is 26.6. The summed E-state index contributed by atoms with van der Waals surface area (Å²) in [6.45, 7) is 7.27. The van der Waals surface area contributed by atoms with Crippen LogP contribution in [0.4, 0.5) is 5.69 Å². The van der Waals surface area contributed by atoms with E-state index in [-0.39, 0.29) is 34.3 Å². The summed E-state index contributed by atoms with van der Waals surface area (Å²) in [5.41, 5.74) is 2.87. The number of hydrogen-bond acceptors (Lipinski definition) is 6. The van der Waals surface area contributed by atoms with Gasteiger partial charge in [0.15, 0.2) is 6.10 Å². The molecule has 0 spiro atoms. The summed E-state index contributed by atoms with van der Waals surface area (Å²) in [4.78, 5) is 12.9. The number of carbonyl (C=O) groups is 1. The third-order valence-electron chi connectivity index (χ3n) is 5.65. The molecule has 1 amide bonds. The van der Waals surface area contributed by atoms with E-state index in [0.717, 1.165) is 11.1 Å². The predicted octanol–water partition coefficient (Wildman–Crippen LogP) is 4.46. The van der Waals surface area contributed by atoms with Crippen LogP contribution < -0.4 is 14.8 Å². The van der Waals surface area contributed by atoms with Gasteiger partial charge in [-0.1, -0.05) is 42.8 Å². The van der Waals surface area contributed by atoms with Crippen LogP contribution in [0.2, 0.25) is 0 Å². The summed E-state index contributed by atoms with van der Waals surface area (Å²) in [5, 5.41) is 21.9. The SMILES string of the molecule is CCC(Oc1ccc(C)cc1C)C(=O)NCc1ccccc1S(=O)(=O)Nc1cc(C)c(O)c(C#N)c1. The molecular weight excluding hydrogens is 478 g/mol. The van der Waals surface area contributed by atoms with Gasteiger partial charge in [0.2, 0.25) is 0 Å². The lowest BCUT2D eigenvalue weighted by molar-refractivity contribution is -0.128. The van der Waals surface area contributed by atoms with Crippen molar-refractivity contribution < 1.29 is 23.1 Å². The molecule has 0 saturated carbocycles. The van der Waals surface area contributed by atoms with Crippen molar-refractivity contribution in [2.75, 3.05) is 4.72 Å². The molecule has 1 atom stereocenters. The second kappa shape index (κ2) is 11.1. The van der Waals surface area contributed by atoms with Gasteiger partial charge >= 0.3 is 0 Å². The lowest BCUT2D eigenvalue weighted by Crippen LogP contribution is -2.38. The molecule has 8 nitrogen and oxygen atoms in total. The lowest BCUT2D eigenvalue weighted by atomic mass is 10.1. The molecule has 3 rings (SSSR count). The van der Waals surface area contributed by atoms with E-state index in [9.17, 15) is 23.6 Å². The molecule has 0 radical (unpaired) electrons. The summed E-state index contributed by atoms with van der Waals surface area (Å²) in [5.74, 6) is 0.0678. The predicted molar refractivity (Wildman–Crippen MR) is 137 cm³/mol. The maximum absolute atomic E-state index is 13.2. The van der Waals surface area contributed by atoms with Gasteiger partial charge in [0.1, 0.15) is 17.6 Å². The Balaban J connectivity index is 1.77. The van der Waals surface area contributed by atoms with E-state index in [1.165, 1.54) is 18.2 Å². The van der Waals surface area contributed by atoms with Crippen LogP contribution in [0.5, 0.6) is 11.5 Å². The summed E-state index contributed by atoms with van der Waals surface area (Å²) in [6, 6.07) is 16.6. The number of hydrogen-bond donors (Lipinski definition) is 3. The van der Waals surface area contributed by atoms with Crippen LogP contribution in [-0.2, 0) is 21.4 Å². The number of carbonyl (C=O) groups excluding carboxylic acids is 1. The number of anilines is 1. The van der Waals surface area contributed by atoms with Crippen LogP contribution in [0.1, 0.15) is 41.2 Å². The van der Waals surface area contributed by atoms with Crippen molar-refractivity contribution >= 4 is 21.6 Å². The number of aromatic hydroxyl groups is 1. The Labute approximate surface area is 211 Å². The van der Waals surface area contributed by atoms with Crippen molar-refractivity contribution in [2.45, 2.75) is 51.7 Å². The summed E-state index contributed by atoms with van der Waals surface area (Å²) < 4.78 is 34.7. The zero-order valence-electron chi connectivity index (χ0n) is 20.6. The number of phenolic OH excluding ortho intramolecular Hbond substituents is 1. The van der Waals surface area contributed by atoms with Crippen molar-refractivity contribution in [2.24, 2.45) is 0 Å². The van der Waals surface area contributed by atoms with Crippen molar-refractivity contribution in [3.05, 3.63) is 82.4 Å². The second-order valence-corrected chi connectivity index (χ2v) is 10.2. The van der Waals surface area contributed by atoms with Crippen LogP contribution in [0, 0.1) is 32.1 Å². The topological polar surface area (TPSA) is 129 Å². The van der Waals surface area contributed by atoms with Crippen molar-refractivity contribution in [3.8, 4) is 17.6 Å². The second-order valence-electron chi connectivity index (χ2n) is 8.52. The molecule has 0 aromatic heterocycles. The highest BCUT2D eigenvalue weighted by atomic mass is 32.2. The average molecular weight is 508 g/mol. The van der Waals surface area contributed by atoms with Gasteiger partial charge in [-0.15, -0.1) is 0 Å². The van der Waals surface area contributed by atoms with Crippen LogP contribution in [0.15, 0.2) is 59.5 Å². The third kappa shape index (κ3) is 6.15. The standard InChI is InChI=1S/C27H29N3O5S/c1-5-23(35-24-11-10-17(2)12-18(24)3)27(32)29-16-20-8-6-7-9-25(20)36(33,34)30-22-13-19(4)26(31)21(14-22)15-28/h6-14,23,30-31H,5,16H2,1-4H3,(H,29,32). The molecule has 0 aliphatic rings. The van der Waals surface area contributed by atoms with Gasteiger partial charge in [-0.3, -0.25) is 9.52 Å². The average Bonchev–Trinajstić information content (AvgIpc) is 2.84. The Kier molecular flexibility index (Phi) is 8.22. The quantitative estimate of drug-likeness (QED) is 0.367. The normalized spacial score (nSPS) is 11.9. The molecule has 3 aromatic carbocycles. The van der Waals surface area contributed by atoms with E-state index in [2.05, 4.69) is 10.0 Å². The van der Waals surface area contributed by atoms with E-state index in [1.807, 2.05) is 45.0 Å². The van der Waals surface area contributed by atoms with Gasteiger partial charge in [-0.05, 0) is 68.1 Å². The first-order valence-electron chi connectivity index (χ1n) is 11.4. The number of rotatable bonds is 9. The molecular formula is C27H29N3O5S. The van der Waals surface area contributed by atoms with Crippen LogP contribution >= 0.6 is 0 Å². The fourth-order valence-corrected chi connectivity index (χ4v) is 5.03. The van der Waals surface area contributed by atoms with Crippen LogP contribution in [0.3, 0.4) is 0 Å². The Morgan fingerprint density at radius 2 is 1.81 bits per heavy atom. The van der Waals surface area contributed by atoms with E-state index >= 15 is 0 Å². The van der Waals surface area contributed by atoms with E-state index < -0.39 is 16.1 Å². The lowest BCUT2D eigenvalue weighted by Gasteiger charge is -2.19. The largest absolute Gasteiger partial charge is 0.506 e. The highest BCUT2D eigenvalue weighted by molar-refractivity contribution is 7.92. The number of ether oxygens (including phenoxy) is 1. The minimum Gasteiger partial charge on any atom is -0.506 e. The number of nitriles is 1. The number of benzene rings is 3. The third-order valence-corrected chi connectivity index (χ3v) is 7.13. The van der Waals surface area contributed by atoms with Gasteiger partial charge in [0, 0.05) is 6.54 Å². The molecule has 0 fully saturated rings. The zero-order chi connectivity index (χ0) is 26.5. The Morgan fingerprint density at radius 3 is 2.47 bits per heavy atom. The molecule has 9 heteroatoms. The molecule has 0 heterocycles. The molecule has 0 aliphatic heterocycles. The Morgan fingerprint density at radius 1 is 1.08 bits per heavy atom. The molecule has 188 valence electrons. The fourth-order valence-electron chi connectivity index (χ4n) is 3.75. The smallest absolute Gasteiger partial charge is 0.262 e. The summed E-state index contributed by atoms with van der Waals surface area (Å²) in [7, 11) is -4.05. The van der Waals surface area contributed by atoms with Crippen molar-refractivity contribution in [1.82, 2.24) is 5.32 Å². The van der Waals surface area contributed by atoms with Crippen molar-refractivity contribution in [1.29, 1.82) is 5.26 Å². The molecule has 3 aromatic rings. The maximum atomic E-state index is 13.2. The number of phenols is 1.